The maximum atomic E-state index is 11.9. The summed E-state index contributed by atoms with van der Waals surface area (Å²) < 4.78 is 10.9. The van der Waals surface area contributed by atoms with Crippen LogP contribution in [0.5, 0.6) is 5.75 Å². The minimum absolute atomic E-state index is 0.570. The van der Waals surface area contributed by atoms with E-state index in [9.17, 15) is 9.90 Å². The van der Waals surface area contributed by atoms with Crippen LogP contribution in [0.3, 0.4) is 0 Å². The van der Waals surface area contributed by atoms with Crippen molar-refractivity contribution < 1.29 is 19.4 Å². The maximum Gasteiger partial charge on any atom is 0.328 e. The van der Waals surface area contributed by atoms with Crippen LogP contribution in [0, 0.1) is 0 Å². The lowest BCUT2D eigenvalue weighted by Gasteiger charge is -2.40. The van der Waals surface area contributed by atoms with Gasteiger partial charge in [0, 0.05) is 13.1 Å². The number of hydrogen-bond acceptors (Lipinski definition) is 4. The largest absolute Gasteiger partial charge is 0.494 e. The molecule has 0 bridgehead atoms. The van der Waals surface area contributed by atoms with Crippen LogP contribution in [-0.4, -0.2) is 48.9 Å². The Morgan fingerprint density at radius 2 is 1.95 bits per heavy atom. The standard InChI is InChI=1S/C16H23NO4/c1-3-10-21-14-6-4-13(5-7-14)16(2,15(18)19)17-8-11-20-12-9-17/h4-7H,3,8-12H2,1-2H3,(H,18,19). The third-order valence-electron chi connectivity index (χ3n) is 3.95. The van der Waals surface area contributed by atoms with Gasteiger partial charge in [0.15, 0.2) is 0 Å². The highest BCUT2D eigenvalue weighted by Crippen LogP contribution is 2.30. The molecule has 21 heavy (non-hydrogen) atoms. The predicted molar refractivity (Wildman–Crippen MR) is 79.6 cm³/mol. The fourth-order valence-corrected chi connectivity index (χ4v) is 2.55. The fraction of sp³-hybridized carbons (Fsp3) is 0.562. The summed E-state index contributed by atoms with van der Waals surface area (Å²) in [5, 5.41) is 9.74. The summed E-state index contributed by atoms with van der Waals surface area (Å²) in [7, 11) is 0. The minimum atomic E-state index is -1.03. The van der Waals surface area contributed by atoms with Crippen molar-refractivity contribution in [1.82, 2.24) is 4.90 Å². The topological polar surface area (TPSA) is 59.0 Å². The first-order valence-corrected chi connectivity index (χ1v) is 7.38. The highest BCUT2D eigenvalue weighted by Gasteiger charge is 2.41. The second-order valence-electron chi connectivity index (χ2n) is 5.35. The van der Waals surface area contributed by atoms with Gasteiger partial charge in [0.25, 0.3) is 0 Å². The number of hydrogen-bond donors (Lipinski definition) is 1. The van der Waals surface area contributed by atoms with Crippen molar-refractivity contribution in [3.63, 3.8) is 0 Å². The number of nitrogens with zero attached hydrogens (tertiary/aromatic N) is 1. The molecule has 1 aliphatic heterocycles. The number of aliphatic carboxylic acids is 1. The van der Waals surface area contributed by atoms with Crippen molar-refractivity contribution in [2.75, 3.05) is 32.9 Å². The molecule has 0 saturated carbocycles. The maximum absolute atomic E-state index is 11.9. The Morgan fingerprint density at radius 3 is 2.48 bits per heavy atom. The quantitative estimate of drug-likeness (QED) is 0.870. The highest BCUT2D eigenvalue weighted by molar-refractivity contribution is 5.80. The van der Waals surface area contributed by atoms with E-state index in [1.165, 1.54) is 0 Å². The molecule has 5 nitrogen and oxygen atoms in total. The Kier molecular flexibility index (Phi) is 5.20. The summed E-state index contributed by atoms with van der Waals surface area (Å²) in [6.45, 7) is 6.85. The molecule has 0 aliphatic carbocycles. The van der Waals surface area contributed by atoms with E-state index in [-0.39, 0.29) is 0 Å². The van der Waals surface area contributed by atoms with Crippen LogP contribution >= 0.6 is 0 Å². The summed E-state index contributed by atoms with van der Waals surface area (Å²) in [6.07, 6.45) is 0.947. The predicted octanol–water partition coefficient (Wildman–Crippen LogP) is 2.11. The van der Waals surface area contributed by atoms with Gasteiger partial charge >= 0.3 is 5.97 Å². The van der Waals surface area contributed by atoms with Gasteiger partial charge in [-0.25, -0.2) is 4.79 Å². The van der Waals surface area contributed by atoms with Crippen molar-refractivity contribution in [3.05, 3.63) is 29.8 Å². The average Bonchev–Trinajstić information content (AvgIpc) is 2.53. The lowest BCUT2D eigenvalue weighted by molar-refractivity contribution is -0.154. The van der Waals surface area contributed by atoms with Crippen molar-refractivity contribution >= 4 is 5.97 Å². The van der Waals surface area contributed by atoms with Gasteiger partial charge in [-0.2, -0.15) is 0 Å². The molecular weight excluding hydrogens is 270 g/mol. The molecule has 2 rings (SSSR count). The van der Waals surface area contributed by atoms with Gasteiger partial charge in [0.2, 0.25) is 0 Å². The molecule has 1 atom stereocenters. The van der Waals surface area contributed by atoms with Gasteiger partial charge in [-0.05, 0) is 31.0 Å². The van der Waals surface area contributed by atoms with E-state index >= 15 is 0 Å². The summed E-state index contributed by atoms with van der Waals surface area (Å²) >= 11 is 0. The molecule has 5 heteroatoms. The first-order valence-electron chi connectivity index (χ1n) is 7.38. The van der Waals surface area contributed by atoms with E-state index in [2.05, 4.69) is 0 Å². The monoisotopic (exact) mass is 293 g/mol. The van der Waals surface area contributed by atoms with E-state index in [4.69, 9.17) is 9.47 Å². The molecule has 1 N–H and O–H groups in total. The Bertz CT molecular complexity index is 468. The second kappa shape index (κ2) is 6.91. The molecule has 0 aromatic heterocycles. The number of carboxylic acid groups (broad SMARTS) is 1. The third-order valence-corrected chi connectivity index (χ3v) is 3.95. The van der Waals surface area contributed by atoms with Crippen molar-refractivity contribution in [2.45, 2.75) is 25.8 Å². The number of ether oxygens (including phenoxy) is 2. The second-order valence-corrected chi connectivity index (χ2v) is 5.35. The van der Waals surface area contributed by atoms with Crippen LogP contribution in [0.1, 0.15) is 25.8 Å². The smallest absolute Gasteiger partial charge is 0.328 e. The average molecular weight is 293 g/mol. The Balaban J connectivity index is 2.22. The van der Waals surface area contributed by atoms with Crippen LogP contribution in [0.15, 0.2) is 24.3 Å². The van der Waals surface area contributed by atoms with Gasteiger partial charge in [-0.1, -0.05) is 19.1 Å². The van der Waals surface area contributed by atoms with E-state index in [1.807, 2.05) is 36.1 Å². The van der Waals surface area contributed by atoms with Crippen LogP contribution in [0.2, 0.25) is 0 Å². The lowest BCUT2D eigenvalue weighted by atomic mass is 9.89. The van der Waals surface area contributed by atoms with Crippen LogP contribution in [0.4, 0.5) is 0 Å². The van der Waals surface area contributed by atoms with E-state index < -0.39 is 11.5 Å². The zero-order valence-corrected chi connectivity index (χ0v) is 12.7. The molecule has 116 valence electrons. The van der Waals surface area contributed by atoms with Gasteiger partial charge in [-0.15, -0.1) is 0 Å². The van der Waals surface area contributed by atoms with Crippen LogP contribution < -0.4 is 4.74 Å². The van der Waals surface area contributed by atoms with E-state index in [1.54, 1.807) is 6.92 Å². The Hall–Kier alpha value is -1.59. The van der Waals surface area contributed by atoms with Gasteiger partial charge in [0.05, 0.1) is 19.8 Å². The van der Waals surface area contributed by atoms with Crippen LogP contribution in [0.25, 0.3) is 0 Å². The summed E-state index contributed by atoms with van der Waals surface area (Å²) in [6, 6.07) is 7.36. The molecule has 1 heterocycles. The van der Waals surface area contributed by atoms with Gasteiger partial charge in [0.1, 0.15) is 11.3 Å². The van der Waals surface area contributed by atoms with Gasteiger partial charge in [-0.3, -0.25) is 4.90 Å². The molecule has 0 amide bonds. The Morgan fingerprint density at radius 1 is 1.33 bits per heavy atom. The molecule has 1 unspecified atom stereocenters. The Labute approximate surface area is 125 Å². The first kappa shape index (κ1) is 15.8. The lowest BCUT2D eigenvalue weighted by Crippen LogP contribution is -2.54. The first-order chi connectivity index (χ1) is 10.1. The van der Waals surface area contributed by atoms with E-state index in [0.29, 0.717) is 32.9 Å². The summed E-state index contributed by atoms with van der Waals surface area (Å²) in [5.74, 6) is -0.0676. The summed E-state index contributed by atoms with van der Waals surface area (Å²) in [5.41, 5.74) is -0.270. The molecule has 1 aliphatic rings. The molecular formula is C16H23NO4. The highest BCUT2D eigenvalue weighted by atomic mass is 16.5. The molecule has 1 saturated heterocycles. The zero-order valence-electron chi connectivity index (χ0n) is 12.7. The molecule has 1 aromatic rings. The molecule has 1 fully saturated rings. The van der Waals surface area contributed by atoms with E-state index in [0.717, 1.165) is 17.7 Å². The fourth-order valence-electron chi connectivity index (χ4n) is 2.55. The normalized spacial score (nSPS) is 19.0. The van der Waals surface area contributed by atoms with Crippen molar-refractivity contribution in [2.24, 2.45) is 0 Å². The number of carboxylic acids is 1. The molecule has 0 spiro atoms. The molecule has 0 radical (unpaired) electrons. The zero-order chi connectivity index (χ0) is 15.3. The van der Waals surface area contributed by atoms with Crippen molar-refractivity contribution in [3.8, 4) is 5.75 Å². The van der Waals surface area contributed by atoms with Crippen LogP contribution in [-0.2, 0) is 15.1 Å². The number of rotatable bonds is 6. The number of benzene rings is 1. The summed E-state index contributed by atoms with van der Waals surface area (Å²) in [4.78, 5) is 13.8. The molecule has 1 aromatic carbocycles. The van der Waals surface area contributed by atoms with Crippen molar-refractivity contribution in [1.29, 1.82) is 0 Å². The van der Waals surface area contributed by atoms with Gasteiger partial charge < -0.3 is 14.6 Å². The number of carbonyl (C=O) groups is 1. The number of morpholine rings is 1. The third kappa shape index (κ3) is 3.36. The SMILES string of the molecule is CCCOc1ccc(C(C)(C(=O)O)N2CCOCC2)cc1. The minimum Gasteiger partial charge on any atom is -0.494 e.